The molecule has 3 aromatic rings. The van der Waals surface area contributed by atoms with E-state index in [0.717, 1.165) is 16.6 Å². The summed E-state index contributed by atoms with van der Waals surface area (Å²) < 4.78 is 20.9. The molecule has 0 radical (unpaired) electrons. The number of hydrogen-bond donors (Lipinski definition) is 1. The predicted octanol–water partition coefficient (Wildman–Crippen LogP) is 4.09. The van der Waals surface area contributed by atoms with Crippen molar-refractivity contribution in [1.29, 1.82) is 0 Å². The van der Waals surface area contributed by atoms with Crippen LogP contribution < -0.4 is 10.1 Å². The Hall–Kier alpha value is -2.89. The normalized spacial score (nSPS) is 13.6. The molecule has 0 aliphatic carbocycles. The number of carbonyl (C=O) groups excluding carboxylic acids is 1. The molecule has 0 bridgehead atoms. The first-order valence-corrected chi connectivity index (χ1v) is 9.06. The summed E-state index contributed by atoms with van der Waals surface area (Å²) in [6.45, 7) is 7.58. The van der Waals surface area contributed by atoms with E-state index in [9.17, 15) is 9.18 Å². The summed E-state index contributed by atoms with van der Waals surface area (Å²) in [7, 11) is 0. The van der Waals surface area contributed by atoms with Crippen LogP contribution in [-0.2, 0) is 4.79 Å². The van der Waals surface area contributed by atoms with E-state index in [1.807, 2.05) is 45.9 Å². The lowest BCUT2D eigenvalue weighted by Crippen LogP contribution is -2.43. The van der Waals surface area contributed by atoms with Gasteiger partial charge in [0, 0.05) is 11.3 Å². The Bertz CT molecular complexity index is 934. The maximum absolute atomic E-state index is 13.1. The predicted molar refractivity (Wildman–Crippen MR) is 104 cm³/mol. The molecule has 1 heterocycles. The van der Waals surface area contributed by atoms with E-state index in [2.05, 4.69) is 10.4 Å². The maximum atomic E-state index is 13.1. The van der Waals surface area contributed by atoms with Crippen molar-refractivity contribution in [2.24, 2.45) is 5.92 Å². The van der Waals surface area contributed by atoms with Crippen molar-refractivity contribution < 1.29 is 13.9 Å². The van der Waals surface area contributed by atoms with Crippen molar-refractivity contribution in [3.63, 3.8) is 0 Å². The highest BCUT2D eigenvalue weighted by atomic mass is 19.1. The molecule has 0 fully saturated rings. The van der Waals surface area contributed by atoms with Crippen LogP contribution in [0.4, 0.5) is 4.39 Å². The molecule has 0 saturated carbocycles. The molecule has 6 heteroatoms. The Morgan fingerprint density at radius 1 is 1.11 bits per heavy atom. The average Bonchev–Trinajstić information content (AvgIpc) is 3.05. The Morgan fingerprint density at radius 3 is 2.48 bits per heavy atom. The lowest BCUT2D eigenvalue weighted by atomic mass is 10.1. The number of fused-ring (bicyclic) bond motifs is 1. The van der Waals surface area contributed by atoms with E-state index in [-0.39, 0.29) is 29.8 Å². The molecule has 0 spiro atoms. The van der Waals surface area contributed by atoms with Crippen molar-refractivity contribution in [3.8, 4) is 11.4 Å². The topological polar surface area (TPSA) is 56.1 Å². The largest absolute Gasteiger partial charge is 0.489 e. The number of benzene rings is 2. The van der Waals surface area contributed by atoms with Crippen LogP contribution in [0.25, 0.3) is 16.6 Å². The van der Waals surface area contributed by atoms with Gasteiger partial charge in [0.05, 0.1) is 23.4 Å². The van der Waals surface area contributed by atoms with Gasteiger partial charge >= 0.3 is 0 Å². The molecule has 2 atom stereocenters. The minimum atomic E-state index is -0.279. The summed E-state index contributed by atoms with van der Waals surface area (Å²) in [5, 5.41) is 8.27. The van der Waals surface area contributed by atoms with Crippen LogP contribution in [0.1, 0.15) is 27.7 Å². The van der Waals surface area contributed by atoms with Crippen LogP contribution in [0.15, 0.2) is 48.7 Å². The molecule has 142 valence electrons. The lowest BCUT2D eigenvalue weighted by Gasteiger charge is -2.23. The molecule has 27 heavy (non-hydrogen) atoms. The molecule has 1 N–H and O–H groups in total. The molecule has 1 amide bonds. The fraction of sp³-hybridized carbons (Fsp3) is 0.333. The highest BCUT2D eigenvalue weighted by Gasteiger charge is 2.18. The van der Waals surface area contributed by atoms with Crippen LogP contribution >= 0.6 is 0 Å². The number of rotatable bonds is 6. The van der Waals surface area contributed by atoms with Gasteiger partial charge in [0.1, 0.15) is 17.7 Å². The minimum absolute atomic E-state index is 0.00831. The van der Waals surface area contributed by atoms with Gasteiger partial charge in [-0.05, 0) is 56.3 Å². The van der Waals surface area contributed by atoms with Crippen LogP contribution in [-0.4, -0.2) is 27.8 Å². The summed E-state index contributed by atoms with van der Waals surface area (Å²) in [4.78, 5) is 11.8. The SMILES string of the molecule is CC(C)C(=O)N[C@@H](C)[C@@H](C)Oc1ccc2c(cnn2-c2ccc(F)cc2)c1. The quantitative estimate of drug-likeness (QED) is 0.712. The van der Waals surface area contributed by atoms with Crippen LogP contribution in [0.2, 0.25) is 0 Å². The van der Waals surface area contributed by atoms with Gasteiger partial charge in [0.15, 0.2) is 0 Å². The fourth-order valence-corrected chi connectivity index (χ4v) is 2.70. The fourth-order valence-electron chi connectivity index (χ4n) is 2.70. The van der Waals surface area contributed by atoms with Crippen LogP contribution in [0.5, 0.6) is 5.75 Å². The molecule has 1 aromatic heterocycles. The van der Waals surface area contributed by atoms with Crippen molar-refractivity contribution in [1.82, 2.24) is 15.1 Å². The van der Waals surface area contributed by atoms with E-state index < -0.39 is 0 Å². The molecular weight excluding hydrogens is 345 g/mol. The molecule has 5 nitrogen and oxygen atoms in total. The van der Waals surface area contributed by atoms with E-state index in [4.69, 9.17) is 4.74 Å². The Morgan fingerprint density at radius 2 is 1.81 bits per heavy atom. The zero-order chi connectivity index (χ0) is 19.6. The second-order valence-corrected chi connectivity index (χ2v) is 7.03. The Kier molecular flexibility index (Phi) is 5.44. The smallest absolute Gasteiger partial charge is 0.222 e. The number of aromatic nitrogens is 2. The van der Waals surface area contributed by atoms with E-state index >= 15 is 0 Å². The number of hydrogen-bond acceptors (Lipinski definition) is 3. The molecule has 0 aliphatic heterocycles. The molecule has 3 rings (SSSR count). The van der Waals surface area contributed by atoms with Crippen molar-refractivity contribution in [3.05, 3.63) is 54.5 Å². The second kappa shape index (κ2) is 7.78. The summed E-state index contributed by atoms with van der Waals surface area (Å²) >= 11 is 0. The van der Waals surface area contributed by atoms with Crippen molar-refractivity contribution >= 4 is 16.8 Å². The third kappa shape index (κ3) is 4.27. The number of carbonyl (C=O) groups is 1. The monoisotopic (exact) mass is 369 g/mol. The van der Waals surface area contributed by atoms with Gasteiger partial charge in [0.2, 0.25) is 5.91 Å². The highest BCUT2D eigenvalue weighted by Crippen LogP contribution is 2.24. The van der Waals surface area contributed by atoms with E-state index in [1.165, 1.54) is 12.1 Å². The van der Waals surface area contributed by atoms with Gasteiger partial charge in [-0.3, -0.25) is 4.79 Å². The van der Waals surface area contributed by atoms with Crippen molar-refractivity contribution in [2.45, 2.75) is 39.8 Å². The second-order valence-electron chi connectivity index (χ2n) is 7.03. The molecular formula is C21H24FN3O2. The number of halogens is 1. The van der Waals surface area contributed by atoms with Crippen molar-refractivity contribution in [2.75, 3.05) is 0 Å². The number of nitrogens with zero attached hydrogens (tertiary/aromatic N) is 2. The summed E-state index contributed by atoms with van der Waals surface area (Å²) in [5.41, 5.74) is 1.70. The average molecular weight is 369 g/mol. The summed E-state index contributed by atoms with van der Waals surface area (Å²) in [6.07, 6.45) is 1.57. The number of ether oxygens (including phenoxy) is 1. The van der Waals surface area contributed by atoms with E-state index in [0.29, 0.717) is 5.75 Å². The highest BCUT2D eigenvalue weighted by molar-refractivity contribution is 5.81. The van der Waals surface area contributed by atoms with Gasteiger partial charge in [0.25, 0.3) is 0 Å². The standard InChI is InChI=1S/C21H24FN3O2/c1-13(2)21(26)24-14(3)15(4)27-19-9-10-20-16(11-19)12-23-25(20)18-7-5-17(22)6-8-18/h5-15H,1-4H3,(H,24,26)/t14-,15+/m0/s1. The molecule has 0 saturated heterocycles. The van der Waals surface area contributed by atoms with Gasteiger partial charge in [-0.15, -0.1) is 0 Å². The zero-order valence-electron chi connectivity index (χ0n) is 15.9. The van der Waals surface area contributed by atoms with Crippen LogP contribution in [0.3, 0.4) is 0 Å². The Labute approximate surface area is 158 Å². The molecule has 2 aromatic carbocycles. The van der Waals surface area contributed by atoms with Gasteiger partial charge in [-0.1, -0.05) is 13.8 Å². The zero-order valence-corrected chi connectivity index (χ0v) is 15.9. The lowest BCUT2D eigenvalue weighted by molar-refractivity contribution is -0.125. The Balaban J connectivity index is 1.75. The number of amides is 1. The summed E-state index contributed by atoms with van der Waals surface area (Å²) in [5.74, 6) is 0.375. The molecule has 0 aliphatic rings. The van der Waals surface area contributed by atoms with Gasteiger partial charge in [-0.25, -0.2) is 9.07 Å². The van der Waals surface area contributed by atoms with Gasteiger partial charge < -0.3 is 10.1 Å². The molecule has 0 unspecified atom stereocenters. The third-order valence-corrected chi connectivity index (χ3v) is 4.53. The first kappa shape index (κ1) is 18.9. The minimum Gasteiger partial charge on any atom is -0.489 e. The summed E-state index contributed by atoms with van der Waals surface area (Å²) in [6, 6.07) is 11.8. The first-order chi connectivity index (χ1) is 12.8. The van der Waals surface area contributed by atoms with Gasteiger partial charge in [-0.2, -0.15) is 5.10 Å². The first-order valence-electron chi connectivity index (χ1n) is 9.06. The van der Waals surface area contributed by atoms with E-state index in [1.54, 1.807) is 23.0 Å². The maximum Gasteiger partial charge on any atom is 0.222 e. The third-order valence-electron chi connectivity index (χ3n) is 4.53. The van der Waals surface area contributed by atoms with Crippen LogP contribution in [0, 0.1) is 11.7 Å². The number of nitrogens with one attached hydrogen (secondary N) is 1.